The molecule has 0 aliphatic heterocycles. The lowest BCUT2D eigenvalue weighted by molar-refractivity contribution is -0.116. The second kappa shape index (κ2) is 8.67. The first-order valence-electron chi connectivity index (χ1n) is 7.08. The highest BCUT2D eigenvalue weighted by Gasteiger charge is 2.10. The standard InChI is InChI=1S/C15H24N2O3S/c1-4-11(2)21(19)9-5-6-15(18)17-14-8-7-12(20-3)10-13(14)16/h7-8,10-11H,4-6,9,16H2,1-3H3,(H,17,18). The number of carbonyl (C=O) groups excluding carboxylic acids is 1. The summed E-state index contributed by atoms with van der Waals surface area (Å²) in [4.78, 5) is 11.8. The maximum atomic E-state index is 11.8. The van der Waals surface area contributed by atoms with Crippen LogP contribution in [0.3, 0.4) is 0 Å². The maximum Gasteiger partial charge on any atom is 0.224 e. The van der Waals surface area contributed by atoms with Crippen LogP contribution in [0.15, 0.2) is 18.2 Å². The van der Waals surface area contributed by atoms with Crippen LogP contribution in [0, 0.1) is 0 Å². The van der Waals surface area contributed by atoms with Crippen LogP contribution in [0.2, 0.25) is 0 Å². The van der Waals surface area contributed by atoms with Crippen molar-refractivity contribution in [2.45, 2.75) is 38.4 Å². The molecule has 118 valence electrons. The molecule has 0 aliphatic carbocycles. The summed E-state index contributed by atoms with van der Waals surface area (Å²) in [5.74, 6) is 1.09. The molecule has 0 aromatic heterocycles. The van der Waals surface area contributed by atoms with Gasteiger partial charge in [0.1, 0.15) is 5.75 Å². The van der Waals surface area contributed by atoms with E-state index in [1.807, 2.05) is 13.8 Å². The quantitative estimate of drug-likeness (QED) is 0.723. The number of benzene rings is 1. The number of anilines is 2. The molecule has 1 rings (SSSR count). The zero-order valence-corrected chi connectivity index (χ0v) is 13.7. The first-order chi connectivity index (χ1) is 9.97. The van der Waals surface area contributed by atoms with Gasteiger partial charge in [-0.3, -0.25) is 9.00 Å². The van der Waals surface area contributed by atoms with Crippen LogP contribution < -0.4 is 15.8 Å². The van der Waals surface area contributed by atoms with E-state index in [0.717, 1.165) is 6.42 Å². The smallest absolute Gasteiger partial charge is 0.224 e. The minimum absolute atomic E-state index is 0.118. The number of hydrogen-bond acceptors (Lipinski definition) is 4. The number of ether oxygens (including phenoxy) is 1. The van der Waals surface area contributed by atoms with Gasteiger partial charge in [0.15, 0.2) is 0 Å². The minimum atomic E-state index is -0.858. The van der Waals surface area contributed by atoms with Gasteiger partial charge < -0.3 is 15.8 Å². The fourth-order valence-corrected chi connectivity index (χ4v) is 2.96. The third-order valence-corrected chi connectivity index (χ3v) is 5.23. The number of nitrogen functional groups attached to an aromatic ring is 1. The van der Waals surface area contributed by atoms with Crippen molar-refractivity contribution in [3.8, 4) is 5.75 Å². The monoisotopic (exact) mass is 312 g/mol. The molecule has 0 saturated carbocycles. The average molecular weight is 312 g/mol. The summed E-state index contributed by atoms with van der Waals surface area (Å²) in [6, 6.07) is 5.11. The predicted molar refractivity (Wildman–Crippen MR) is 88.0 cm³/mol. The fourth-order valence-electron chi connectivity index (χ4n) is 1.76. The molecule has 1 aromatic carbocycles. The second-order valence-corrected chi connectivity index (χ2v) is 6.88. The number of nitrogens with one attached hydrogen (secondary N) is 1. The Hall–Kier alpha value is -1.56. The third-order valence-electron chi connectivity index (χ3n) is 3.31. The average Bonchev–Trinajstić information content (AvgIpc) is 2.48. The summed E-state index contributed by atoms with van der Waals surface area (Å²) in [6.07, 6.45) is 1.84. The fraction of sp³-hybridized carbons (Fsp3) is 0.533. The summed E-state index contributed by atoms with van der Waals surface area (Å²) < 4.78 is 16.8. The molecule has 6 heteroatoms. The van der Waals surface area contributed by atoms with Gasteiger partial charge in [0.25, 0.3) is 0 Å². The number of hydrogen-bond donors (Lipinski definition) is 2. The van der Waals surface area contributed by atoms with Crippen molar-refractivity contribution in [1.82, 2.24) is 0 Å². The molecule has 2 unspecified atom stereocenters. The Morgan fingerprint density at radius 1 is 1.48 bits per heavy atom. The Kier molecular flexibility index (Phi) is 7.22. The van der Waals surface area contributed by atoms with Gasteiger partial charge in [0.05, 0.1) is 18.5 Å². The lowest BCUT2D eigenvalue weighted by Gasteiger charge is -2.10. The number of nitrogens with two attached hydrogens (primary N) is 1. The molecule has 2 atom stereocenters. The summed E-state index contributed by atoms with van der Waals surface area (Å²) in [6.45, 7) is 3.98. The second-order valence-electron chi connectivity index (χ2n) is 4.91. The molecule has 0 spiro atoms. The largest absolute Gasteiger partial charge is 0.497 e. The highest BCUT2D eigenvalue weighted by molar-refractivity contribution is 7.85. The van der Waals surface area contributed by atoms with E-state index in [4.69, 9.17) is 10.5 Å². The number of rotatable bonds is 8. The topological polar surface area (TPSA) is 81.4 Å². The summed E-state index contributed by atoms with van der Waals surface area (Å²) in [5, 5.41) is 2.95. The van der Waals surface area contributed by atoms with E-state index in [1.54, 1.807) is 25.3 Å². The van der Waals surface area contributed by atoms with Crippen LogP contribution in [0.1, 0.15) is 33.1 Å². The van der Waals surface area contributed by atoms with Crippen molar-refractivity contribution < 1.29 is 13.7 Å². The van der Waals surface area contributed by atoms with E-state index in [-0.39, 0.29) is 11.2 Å². The maximum absolute atomic E-state index is 11.8. The van der Waals surface area contributed by atoms with E-state index in [9.17, 15) is 9.00 Å². The lowest BCUT2D eigenvalue weighted by atomic mass is 10.2. The van der Waals surface area contributed by atoms with Crippen molar-refractivity contribution in [3.05, 3.63) is 18.2 Å². The molecule has 0 fully saturated rings. The molecular formula is C15H24N2O3S. The Morgan fingerprint density at radius 2 is 2.19 bits per heavy atom. The van der Waals surface area contributed by atoms with Gasteiger partial charge in [0.2, 0.25) is 5.91 Å². The molecule has 0 radical (unpaired) electrons. The zero-order chi connectivity index (χ0) is 15.8. The summed E-state index contributed by atoms with van der Waals surface area (Å²) >= 11 is 0. The SMILES string of the molecule is CCC(C)S(=O)CCCC(=O)Nc1ccc(OC)cc1N. The molecule has 0 aliphatic rings. The van der Waals surface area contributed by atoms with E-state index in [0.29, 0.717) is 35.7 Å². The van der Waals surface area contributed by atoms with Crippen molar-refractivity contribution in [1.29, 1.82) is 0 Å². The highest BCUT2D eigenvalue weighted by atomic mass is 32.2. The van der Waals surface area contributed by atoms with Crippen LogP contribution in [-0.2, 0) is 15.6 Å². The van der Waals surface area contributed by atoms with Gasteiger partial charge >= 0.3 is 0 Å². The van der Waals surface area contributed by atoms with E-state index in [1.165, 1.54) is 0 Å². The minimum Gasteiger partial charge on any atom is -0.497 e. The van der Waals surface area contributed by atoms with Crippen LogP contribution in [-0.4, -0.2) is 28.2 Å². The molecule has 0 heterocycles. The van der Waals surface area contributed by atoms with Crippen molar-refractivity contribution >= 4 is 28.1 Å². The van der Waals surface area contributed by atoms with Gasteiger partial charge in [0, 0.05) is 34.3 Å². The predicted octanol–water partition coefficient (Wildman–Crippen LogP) is 2.54. The Balaban J connectivity index is 2.42. The highest BCUT2D eigenvalue weighted by Crippen LogP contribution is 2.24. The normalized spacial score (nSPS) is 13.5. The Morgan fingerprint density at radius 3 is 2.76 bits per heavy atom. The van der Waals surface area contributed by atoms with E-state index >= 15 is 0 Å². The molecule has 3 N–H and O–H groups in total. The van der Waals surface area contributed by atoms with Gasteiger partial charge in [-0.05, 0) is 25.0 Å². The number of carbonyl (C=O) groups is 1. The van der Waals surface area contributed by atoms with E-state index in [2.05, 4.69) is 5.32 Å². The van der Waals surface area contributed by atoms with Crippen LogP contribution in [0.5, 0.6) is 5.75 Å². The van der Waals surface area contributed by atoms with Crippen molar-refractivity contribution in [2.24, 2.45) is 0 Å². The number of amides is 1. The van der Waals surface area contributed by atoms with Crippen LogP contribution in [0.4, 0.5) is 11.4 Å². The molecule has 5 nitrogen and oxygen atoms in total. The lowest BCUT2D eigenvalue weighted by Crippen LogP contribution is -2.16. The molecule has 0 bridgehead atoms. The van der Waals surface area contributed by atoms with Gasteiger partial charge in [-0.2, -0.15) is 0 Å². The molecule has 21 heavy (non-hydrogen) atoms. The third kappa shape index (κ3) is 5.75. The summed E-state index contributed by atoms with van der Waals surface area (Å²) in [5.41, 5.74) is 6.87. The first kappa shape index (κ1) is 17.5. The Bertz CT molecular complexity index is 506. The molecule has 1 aromatic rings. The van der Waals surface area contributed by atoms with Crippen molar-refractivity contribution in [3.63, 3.8) is 0 Å². The van der Waals surface area contributed by atoms with Gasteiger partial charge in [-0.25, -0.2) is 0 Å². The molecule has 0 saturated heterocycles. The van der Waals surface area contributed by atoms with Crippen LogP contribution in [0.25, 0.3) is 0 Å². The first-order valence-corrected chi connectivity index (χ1v) is 8.46. The Labute approximate surface area is 128 Å². The van der Waals surface area contributed by atoms with Gasteiger partial charge in [-0.15, -0.1) is 0 Å². The van der Waals surface area contributed by atoms with E-state index < -0.39 is 10.8 Å². The molecular weight excluding hydrogens is 288 g/mol. The molecule has 1 amide bonds. The van der Waals surface area contributed by atoms with Crippen molar-refractivity contribution in [2.75, 3.05) is 23.9 Å². The summed E-state index contributed by atoms with van der Waals surface area (Å²) in [7, 11) is 0.702. The van der Waals surface area contributed by atoms with Gasteiger partial charge in [-0.1, -0.05) is 13.8 Å². The number of methoxy groups -OCH3 is 1. The van der Waals surface area contributed by atoms with Crippen LogP contribution >= 0.6 is 0 Å². The zero-order valence-electron chi connectivity index (χ0n) is 12.8.